The molecule has 52 heavy (non-hydrogen) atoms. The maximum absolute atomic E-state index is 2.45. The fraction of sp³-hybridized carbons (Fsp3) is 0. The Kier molecular flexibility index (Phi) is 6.35. The van der Waals surface area contributed by atoms with E-state index >= 15 is 0 Å². The van der Waals surface area contributed by atoms with Crippen LogP contribution in [-0.4, -0.2) is 0 Å². The zero-order valence-electron chi connectivity index (χ0n) is 28.5. The molecule has 11 aromatic carbocycles. The van der Waals surface area contributed by atoms with Gasteiger partial charge in [-0.3, -0.25) is 0 Å². The first-order valence-electron chi connectivity index (χ1n) is 18.1. The minimum absolute atomic E-state index is 1.22. The molecule has 0 fully saturated rings. The van der Waals surface area contributed by atoms with Crippen molar-refractivity contribution in [2.45, 2.75) is 0 Å². The monoisotopic (exact) mass is 656 g/mol. The van der Waals surface area contributed by atoms with Crippen molar-refractivity contribution in [2.24, 2.45) is 0 Å². The lowest BCUT2D eigenvalue weighted by Crippen LogP contribution is -1.90. The summed E-state index contributed by atoms with van der Waals surface area (Å²) in [6.07, 6.45) is 0. The van der Waals surface area contributed by atoms with E-state index in [0.717, 1.165) is 0 Å². The van der Waals surface area contributed by atoms with Gasteiger partial charge in [-0.15, -0.1) is 0 Å². The van der Waals surface area contributed by atoms with Crippen molar-refractivity contribution in [3.05, 3.63) is 194 Å². The molecule has 0 nitrogen and oxygen atoms in total. The fourth-order valence-electron chi connectivity index (χ4n) is 8.56. The molecule has 0 aliphatic rings. The summed E-state index contributed by atoms with van der Waals surface area (Å²) in [6.45, 7) is 0. The lowest BCUT2D eigenvalue weighted by molar-refractivity contribution is 1.67. The average molecular weight is 657 g/mol. The van der Waals surface area contributed by atoms with Gasteiger partial charge in [-0.25, -0.2) is 0 Å². The Morgan fingerprint density at radius 2 is 0.577 bits per heavy atom. The highest BCUT2D eigenvalue weighted by atomic mass is 14.2. The van der Waals surface area contributed by atoms with Crippen LogP contribution in [0, 0.1) is 0 Å². The number of hydrogen-bond donors (Lipinski definition) is 0. The van der Waals surface area contributed by atoms with E-state index in [2.05, 4.69) is 194 Å². The Morgan fingerprint density at radius 3 is 1.25 bits per heavy atom. The van der Waals surface area contributed by atoms with Gasteiger partial charge in [-0.1, -0.05) is 158 Å². The first-order valence-corrected chi connectivity index (χ1v) is 18.1. The van der Waals surface area contributed by atoms with Crippen LogP contribution >= 0.6 is 0 Å². The predicted molar refractivity (Wildman–Crippen MR) is 225 cm³/mol. The molecule has 0 saturated heterocycles. The Morgan fingerprint density at radius 1 is 0.173 bits per heavy atom. The summed E-state index contributed by atoms with van der Waals surface area (Å²) in [5.41, 5.74) is 7.44. The quantitative estimate of drug-likeness (QED) is 0.166. The number of hydrogen-bond acceptors (Lipinski definition) is 0. The van der Waals surface area contributed by atoms with Crippen LogP contribution in [-0.2, 0) is 0 Å². The average Bonchev–Trinajstić information content (AvgIpc) is 3.22. The summed E-state index contributed by atoms with van der Waals surface area (Å²) in [5, 5.41) is 17.8. The van der Waals surface area contributed by atoms with Crippen molar-refractivity contribution in [3.63, 3.8) is 0 Å². The van der Waals surface area contributed by atoms with Crippen LogP contribution in [0.1, 0.15) is 0 Å². The molecule has 0 heterocycles. The van der Waals surface area contributed by atoms with Gasteiger partial charge in [0.2, 0.25) is 0 Å². The number of rotatable bonds is 3. The Labute approximate surface area is 301 Å². The molecule has 11 aromatic rings. The van der Waals surface area contributed by atoms with E-state index in [0.29, 0.717) is 0 Å². The van der Waals surface area contributed by atoms with Crippen LogP contribution in [0.5, 0.6) is 0 Å². The maximum Gasteiger partial charge on any atom is -0.00923 e. The molecule has 0 aliphatic carbocycles. The van der Waals surface area contributed by atoms with E-state index in [9.17, 15) is 0 Å². The smallest absolute Gasteiger partial charge is 0.00923 e. The van der Waals surface area contributed by atoms with Gasteiger partial charge >= 0.3 is 0 Å². The molecule has 0 spiro atoms. The Balaban J connectivity index is 1.20. The van der Waals surface area contributed by atoms with Gasteiger partial charge < -0.3 is 0 Å². The predicted octanol–water partition coefficient (Wildman–Crippen LogP) is 14.8. The Hall–Kier alpha value is -6.76. The van der Waals surface area contributed by atoms with Crippen LogP contribution in [0.2, 0.25) is 0 Å². The van der Waals surface area contributed by atoms with Gasteiger partial charge in [0.15, 0.2) is 0 Å². The van der Waals surface area contributed by atoms with E-state index in [1.54, 1.807) is 0 Å². The van der Waals surface area contributed by atoms with Crippen molar-refractivity contribution < 1.29 is 0 Å². The van der Waals surface area contributed by atoms with Crippen molar-refractivity contribution in [3.8, 4) is 33.4 Å². The summed E-state index contributed by atoms with van der Waals surface area (Å²) >= 11 is 0. The molecule has 11 rings (SSSR count). The molecular weight excluding hydrogens is 625 g/mol. The SMILES string of the molecule is c1ccc2cc(-c3cc4c5ccc(-c6ccc7c(ccc8ccccc87)c6)cc5c(-c5ccc6ccccc6c5)cc4c4ccccc34)ccc2c1. The van der Waals surface area contributed by atoms with Crippen LogP contribution in [0.4, 0.5) is 0 Å². The van der Waals surface area contributed by atoms with Crippen molar-refractivity contribution in [2.75, 3.05) is 0 Å². The molecule has 0 unspecified atom stereocenters. The largest absolute Gasteiger partial charge is 0.0616 e. The fourth-order valence-corrected chi connectivity index (χ4v) is 8.56. The maximum atomic E-state index is 2.45. The van der Waals surface area contributed by atoms with E-state index in [1.807, 2.05) is 0 Å². The molecule has 0 aromatic heterocycles. The third kappa shape index (κ3) is 4.55. The second-order valence-corrected chi connectivity index (χ2v) is 14.1. The van der Waals surface area contributed by atoms with E-state index in [-0.39, 0.29) is 0 Å². The second-order valence-electron chi connectivity index (χ2n) is 14.1. The molecule has 0 N–H and O–H groups in total. The first kappa shape index (κ1) is 29.0. The van der Waals surface area contributed by atoms with Crippen LogP contribution in [0.25, 0.3) is 109 Å². The number of benzene rings is 11. The summed E-state index contributed by atoms with van der Waals surface area (Å²) in [6, 6.07) is 72.1. The summed E-state index contributed by atoms with van der Waals surface area (Å²) in [7, 11) is 0. The lowest BCUT2D eigenvalue weighted by Gasteiger charge is -2.17. The van der Waals surface area contributed by atoms with Gasteiger partial charge in [0, 0.05) is 0 Å². The highest BCUT2D eigenvalue weighted by molar-refractivity contribution is 6.24. The van der Waals surface area contributed by atoms with E-state index < -0.39 is 0 Å². The van der Waals surface area contributed by atoms with E-state index in [1.165, 1.54) is 109 Å². The first-order chi connectivity index (χ1) is 25.7. The molecule has 0 saturated carbocycles. The molecular formula is C52H32. The summed E-state index contributed by atoms with van der Waals surface area (Å²) < 4.78 is 0. The van der Waals surface area contributed by atoms with Crippen LogP contribution < -0.4 is 0 Å². The summed E-state index contributed by atoms with van der Waals surface area (Å²) in [5.74, 6) is 0. The van der Waals surface area contributed by atoms with Gasteiger partial charge in [-0.2, -0.15) is 0 Å². The lowest BCUT2D eigenvalue weighted by atomic mass is 9.86. The zero-order valence-corrected chi connectivity index (χ0v) is 28.5. The zero-order chi connectivity index (χ0) is 34.2. The molecule has 0 bridgehead atoms. The molecule has 0 atom stereocenters. The standard InChI is InChI=1S/C52H32/c1-3-12-36-27-41(20-17-33(36)9-1)48-31-52-47-26-24-39(38-23-25-44-40(29-38)22-19-35-11-5-6-14-43(35)44)30-50(47)49(32-51(52)46-16-8-7-15-45(46)48)42-21-18-34-10-2-4-13-37(34)28-42/h1-32H. The second kappa shape index (κ2) is 11.4. The van der Waals surface area contributed by atoms with Gasteiger partial charge in [0.1, 0.15) is 0 Å². The summed E-state index contributed by atoms with van der Waals surface area (Å²) in [4.78, 5) is 0. The van der Waals surface area contributed by atoms with Crippen LogP contribution in [0.3, 0.4) is 0 Å². The van der Waals surface area contributed by atoms with Crippen molar-refractivity contribution in [1.82, 2.24) is 0 Å². The van der Waals surface area contributed by atoms with Gasteiger partial charge in [0.05, 0.1) is 0 Å². The minimum atomic E-state index is 1.22. The highest BCUT2D eigenvalue weighted by Crippen LogP contribution is 2.44. The van der Waals surface area contributed by atoms with Gasteiger partial charge in [0.25, 0.3) is 0 Å². The molecule has 0 aliphatic heterocycles. The molecule has 0 heteroatoms. The third-order valence-corrected chi connectivity index (χ3v) is 11.2. The Bertz CT molecular complexity index is 3240. The molecule has 0 radical (unpaired) electrons. The number of fused-ring (bicyclic) bond motifs is 10. The van der Waals surface area contributed by atoms with Crippen molar-refractivity contribution in [1.29, 1.82) is 0 Å². The molecule has 240 valence electrons. The van der Waals surface area contributed by atoms with Crippen molar-refractivity contribution >= 4 is 75.4 Å². The topological polar surface area (TPSA) is 0 Å². The third-order valence-electron chi connectivity index (χ3n) is 11.2. The normalized spacial score (nSPS) is 11.8. The minimum Gasteiger partial charge on any atom is -0.0616 e. The molecule has 0 amide bonds. The van der Waals surface area contributed by atoms with Crippen LogP contribution in [0.15, 0.2) is 194 Å². The van der Waals surface area contributed by atoms with Gasteiger partial charge in [-0.05, 0) is 145 Å². The van der Waals surface area contributed by atoms with E-state index in [4.69, 9.17) is 0 Å². The highest BCUT2D eigenvalue weighted by Gasteiger charge is 2.16.